The van der Waals surface area contributed by atoms with Crippen molar-refractivity contribution in [3.05, 3.63) is 18.0 Å². The minimum atomic E-state index is -0.241. The number of aryl methyl sites for hydroxylation is 1. The predicted octanol–water partition coefficient (Wildman–Crippen LogP) is 2.03. The average Bonchev–Trinajstić information content (AvgIpc) is 2.66. The van der Waals surface area contributed by atoms with Crippen molar-refractivity contribution in [1.29, 1.82) is 5.26 Å². The van der Waals surface area contributed by atoms with Crippen molar-refractivity contribution in [2.75, 3.05) is 0 Å². The molecular weight excluding hydrogens is 190 g/mol. The summed E-state index contributed by atoms with van der Waals surface area (Å²) in [5.74, 6) is -0.242. The van der Waals surface area contributed by atoms with Crippen LogP contribution in [0, 0.1) is 17.2 Å². The van der Waals surface area contributed by atoms with Crippen LogP contribution in [0.3, 0.4) is 0 Å². The first-order valence-corrected chi connectivity index (χ1v) is 5.12. The number of carbonyl (C=O) groups excluding carboxylic acids is 1. The summed E-state index contributed by atoms with van der Waals surface area (Å²) in [6.07, 6.45) is 4.58. The maximum atomic E-state index is 11.7. The monoisotopic (exact) mass is 205 g/mol. The van der Waals surface area contributed by atoms with Crippen molar-refractivity contribution in [2.24, 2.45) is 5.92 Å². The van der Waals surface area contributed by atoms with E-state index in [1.165, 1.54) is 0 Å². The van der Waals surface area contributed by atoms with Gasteiger partial charge in [0.2, 0.25) is 0 Å². The Morgan fingerprint density at radius 2 is 2.47 bits per heavy atom. The van der Waals surface area contributed by atoms with E-state index in [9.17, 15) is 4.79 Å². The molecule has 80 valence electrons. The van der Waals surface area contributed by atoms with Crippen LogP contribution in [-0.4, -0.2) is 15.6 Å². The fraction of sp³-hybridized carbons (Fsp3) is 0.545. The smallest absolute Gasteiger partial charge is 0.169 e. The third-order valence-electron chi connectivity index (χ3n) is 2.22. The van der Waals surface area contributed by atoms with Crippen molar-refractivity contribution >= 4 is 5.78 Å². The summed E-state index contributed by atoms with van der Waals surface area (Å²) in [7, 11) is 0. The topological polar surface area (TPSA) is 58.7 Å². The van der Waals surface area contributed by atoms with Gasteiger partial charge in [-0.2, -0.15) is 10.4 Å². The average molecular weight is 205 g/mol. The lowest BCUT2D eigenvalue weighted by atomic mass is 9.99. The third kappa shape index (κ3) is 2.91. The summed E-state index contributed by atoms with van der Waals surface area (Å²) in [6.45, 7) is 4.64. The lowest BCUT2D eigenvalue weighted by Crippen LogP contribution is -2.09. The molecule has 4 nitrogen and oxygen atoms in total. The molecule has 1 aromatic heterocycles. The molecule has 0 aliphatic carbocycles. The van der Waals surface area contributed by atoms with Gasteiger partial charge in [-0.05, 0) is 6.42 Å². The SMILES string of the molecule is CCCn1cc(C(=O)C(C)CC#N)cn1. The third-order valence-corrected chi connectivity index (χ3v) is 2.22. The van der Waals surface area contributed by atoms with Crippen molar-refractivity contribution in [3.63, 3.8) is 0 Å². The molecule has 0 N–H and O–H groups in total. The van der Waals surface area contributed by atoms with Gasteiger partial charge in [-0.3, -0.25) is 9.48 Å². The van der Waals surface area contributed by atoms with E-state index in [2.05, 4.69) is 12.0 Å². The van der Waals surface area contributed by atoms with Gasteiger partial charge < -0.3 is 0 Å². The zero-order valence-corrected chi connectivity index (χ0v) is 9.10. The Morgan fingerprint density at radius 1 is 1.73 bits per heavy atom. The van der Waals surface area contributed by atoms with Gasteiger partial charge in [0.05, 0.1) is 17.8 Å². The Bertz CT molecular complexity index is 375. The van der Waals surface area contributed by atoms with Gasteiger partial charge >= 0.3 is 0 Å². The van der Waals surface area contributed by atoms with E-state index < -0.39 is 0 Å². The molecule has 0 radical (unpaired) electrons. The molecule has 1 atom stereocenters. The number of hydrogen-bond acceptors (Lipinski definition) is 3. The van der Waals surface area contributed by atoms with Crippen molar-refractivity contribution in [2.45, 2.75) is 33.2 Å². The van der Waals surface area contributed by atoms with E-state index >= 15 is 0 Å². The maximum Gasteiger partial charge on any atom is 0.169 e. The van der Waals surface area contributed by atoms with E-state index in [1.54, 1.807) is 24.0 Å². The molecule has 1 heterocycles. The quantitative estimate of drug-likeness (QED) is 0.691. The normalized spacial score (nSPS) is 12.1. The highest BCUT2D eigenvalue weighted by Gasteiger charge is 2.16. The lowest BCUT2D eigenvalue weighted by Gasteiger charge is -2.02. The second kappa shape index (κ2) is 5.30. The van der Waals surface area contributed by atoms with Crippen molar-refractivity contribution in [1.82, 2.24) is 9.78 Å². The molecule has 0 aliphatic heterocycles. The molecule has 0 spiro atoms. The van der Waals surface area contributed by atoms with Crippen LogP contribution < -0.4 is 0 Å². The highest BCUT2D eigenvalue weighted by Crippen LogP contribution is 2.11. The number of Topliss-reactive ketones (excluding diaryl/α,β-unsaturated/α-hetero) is 1. The standard InChI is InChI=1S/C11H15N3O/c1-3-6-14-8-10(7-13-14)11(15)9(2)4-5-12/h7-9H,3-4,6H2,1-2H3. The van der Waals surface area contributed by atoms with Gasteiger partial charge in [0.1, 0.15) is 0 Å². The van der Waals surface area contributed by atoms with E-state index in [0.717, 1.165) is 13.0 Å². The first-order chi connectivity index (χ1) is 7.19. The Hall–Kier alpha value is -1.63. The Labute approximate surface area is 89.5 Å². The second-order valence-electron chi connectivity index (χ2n) is 3.62. The maximum absolute atomic E-state index is 11.7. The summed E-state index contributed by atoms with van der Waals surface area (Å²) >= 11 is 0. The Balaban J connectivity index is 2.70. The molecule has 1 unspecified atom stereocenters. The van der Waals surface area contributed by atoms with Crippen molar-refractivity contribution < 1.29 is 4.79 Å². The molecule has 0 saturated carbocycles. The van der Waals surface area contributed by atoms with E-state index in [1.807, 2.05) is 6.07 Å². The summed E-state index contributed by atoms with van der Waals surface area (Å²) < 4.78 is 1.76. The van der Waals surface area contributed by atoms with Crippen LogP contribution in [0.15, 0.2) is 12.4 Å². The summed E-state index contributed by atoms with van der Waals surface area (Å²) in [6, 6.07) is 2.00. The van der Waals surface area contributed by atoms with Gasteiger partial charge in [-0.1, -0.05) is 13.8 Å². The van der Waals surface area contributed by atoms with Crippen LogP contribution in [0.25, 0.3) is 0 Å². The van der Waals surface area contributed by atoms with Gasteiger partial charge in [-0.15, -0.1) is 0 Å². The fourth-order valence-electron chi connectivity index (χ4n) is 1.36. The number of rotatable bonds is 5. The predicted molar refractivity (Wildman–Crippen MR) is 56.2 cm³/mol. The molecule has 1 aromatic rings. The number of carbonyl (C=O) groups is 1. The van der Waals surface area contributed by atoms with Crippen molar-refractivity contribution in [3.8, 4) is 6.07 Å². The molecule has 0 bridgehead atoms. The fourth-order valence-corrected chi connectivity index (χ4v) is 1.36. The van der Waals surface area contributed by atoms with Gasteiger partial charge in [0, 0.05) is 25.1 Å². The van der Waals surface area contributed by atoms with Crippen LogP contribution in [0.4, 0.5) is 0 Å². The highest BCUT2D eigenvalue weighted by atomic mass is 16.1. The van der Waals surface area contributed by atoms with Crippen LogP contribution >= 0.6 is 0 Å². The number of aromatic nitrogens is 2. The molecule has 0 aliphatic rings. The number of nitriles is 1. The van der Waals surface area contributed by atoms with Crippen LogP contribution in [-0.2, 0) is 6.54 Å². The van der Waals surface area contributed by atoms with Gasteiger partial charge in [0.15, 0.2) is 5.78 Å². The first-order valence-electron chi connectivity index (χ1n) is 5.12. The minimum absolute atomic E-state index is 0.00102. The minimum Gasteiger partial charge on any atom is -0.294 e. The van der Waals surface area contributed by atoms with Crippen LogP contribution in [0.2, 0.25) is 0 Å². The van der Waals surface area contributed by atoms with Crippen LogP contribution in [0.5, 0.6) is 0 Å². The molecule has 0 amide bonds. The summed E-state index contributed by atoms with van der Waals surface area (Å²) in [5.41, 5.74) is 0.603. The summed E-state index contributed by atoms with van der Waals surface area (Å²) in [5, 5.41) is 12.6. The molecule has 15 heavy (non-hydrogen) atoms. The zero-order chi connectivity index (χ0) is 11.3. The lowest BCUT2D eigenvalue weighted by molar-refractivity contribution is 0.0932. The van der Waals surface area contributed by atoms with Gasteiger partial charge in [0.25, 0.3) is 0 Å². The number of hydrogen-bond donors (Lipinski definition) is 0. The summed E-state index contributed by atoms with van der Waals surface area (Å²) in [4.78, 5) is 11.7. The molecule has 1 rings (SSSR count). The Morgan fingerprint density at radius 3 is 3.07 bits per heavy atom. The highest BCUT2D eigenvalue weighted by molar-refractivity contribution is 5.97. The second-order valence-corrected chi connectivity index (χ2v) is 3.62. The number of nitrogens with zero attached hydrogens (tertiary/aromatic N) is 3. The van der Waals surface area contributed by atoms with E-state index in [4.69, 9.17) is 5.26 Å². The first kappa shape index (κ1) is 11.4. The molecule has 4 heteroatoms. The molecule has 0 saturated heterocycles. The number of ketones is 1. The van der Waals surface area contributed by atoms with Gasteiger partial charge in [-0.25, -0.2) is 0 Å². The van der Waals surface area contributed by atoms with E-state index in [0.29, 0.717) is 5.56 Å². The zero-order valence-electron chi connectivity index (χ0n) is 9.10. The molecule has 0 fully saturated rings. The van der Waals surface area contributed by atoms with E-state index in [-0.39, 0.29) is 18.1 Å². The molecular formula is C11H15N3O. The largest absolute Gasteiger partial charge is 0.294 e. The molecule has 0 aromatic carbocycles. The Kier molecular flexibility index (Phi) is 4.04. The van der Waals surface area contributed by atoms with Crippen LogP contribution in [0.1, 0.15) is 37.0 Å².